The number of rotatable bonds is 7. The van der Waals surface area contributed by atoms with Crippen LogP contribution in [0.2, 0.25) is 0 Å². The van der Waals surface area contributed by atoms with Crippen LogP contribution in [0.15, 0.2) is 0 Å². The SMILES string of the molecule is CCCCCC[C@@H]1[C@H](C(C)=O)C(=O)C[C@@](C)(O)[C@@H]1C(C)=O. The molecular weight excluding hydrogens is 268 g/mol. The van der Waals surface area contributed by atoms with E-state index in [-0.39, 0.29) is 29.7 Å². The van der Waals surface area contributed by atoms with Crippen molar-refractivity contribution in [3.05, 3.63) is 0 Å². The Morgan fingerprint density at radius 3 is 2.29 bits per heavy atom. The first-order valence-electron chi connectivity index (χ1n) is 7.98. The minimum Gasteiger partial charge on any atom is -0.389 e. The lowest BCUT2D eigenvalue weighted by Crippen LogP contribution is -2.55. The lowest BCUT2D eigenvalue weighted by molar-refractivity contribution is -0.156. The van der Waals surface area contributed by atoms with Crippen LogP contribution in [0.25, 0.3) is 0 Å². The van der Waals surface area contributed by atoms with Gasteiger partial charge in [0.1, 0.15) is 17.3 Å². The number of unbranched alkanes of at least 4 members (excludes halogenated alkanes) is 3. The highest BCUT2D eigenvalue weighted by molar-refractivity contribution is 6.04. The Labute approximate surface area is 127 Å². The zero-order chi connectivity index (χ0) is 16.2. The maximum atomic E-state index is 12.2. The van der Waals surface area contributed by atoms with Crippen molar-refractivity contribution in [1.29, 1.82) is 0 Å². The molecule has 1 N–H and O–H groups in total. The van der Waals surface area contributed by atoms with E-state index >= 15 is 0 Å². The van der Waals surface area contributed by atoms with Crippen molar-refractivity contribution in [3.63, 3.8) is 0 Å². The molecule has 0 spiro atoms. The molecule has 1 aliphatic carbocycles. The van der Waals surface area contributed by atoms with Gasteiger partial charge in [0.15, 0.2) is 0 Å². The van der Waals surface area contributed by atoms with E-state index in [1.54, 1.807) is 6.92 Å². The van der Waals surface area contributed by atoms with Crippen LogP contribution < -0.4 is 0 Å². The standard InChI is InChI=1S/C17H28O4/c1-5-6-7-8-9-13-15(11(2)18)14(20)10-17(4,21)16(13)12(3)19/h13,15-16,21H,5-10H2,1-4H3/t13-,15+,16-,17-/m1/s1. The van der Waals surface area contributed by atoms with E-state index in [9.17, 15) is 19.5 Å². The monoisotopic (exact) mass is 296 g/mol. The fourth-order valence-corrected chi connectivity index (χ4v) is 3.87. The molecule has 0 amide bonds. The summed E-state index contributed by atoms with van der Waals surface area (Å²) in [5.41, 5.74) is -1.33. The highest BCUT2D eigenvalue weighted by Crippen LogP contribution is 2.43. The molecule has 0 saturated heterocycles. The summed E-state index contributed by atoms with van der Waals surface area (Å²) in [5, 5.41) is 10.5. The summed E-state index contributed by atoms with van der Waals surface area (Å²) in [6, 6.07) is 0. The van der Waals surface area contributed by atoms with Crippen LogP contribution >= 0.6 is 0 Å². The van der Waals surface area contributed by atoms with Crippen LogP contribution in [0.1, 0.15) is 66.2 Å². The van der Waals surface area contributed by atoms with Crippen LogP contribution in [0.5, 0.6) is 0 Å². The number of carbonyl (C=O) groups excluding carboxylic acids is 3. The van der Waals surface area contributed by atoms with Gasteiger partial charge in [-0.3, -0.25) is 14.4 Å². The molecule has 1 saturated carbocycles. The van der Waals surface area contributed by atoms with Gasteiger partial charge in [-0.15, -0.1) is 0 Å². The van der Waals surface area contributed by atoms with Crippen LogP contribution in [0.4, 0.5) is 0 Å². The maximum Gasteiger partial charge on any atom is 0.146 e. The van der Waals surface area contributed by atoms with Gasteiger partial charge in [0.2, 0.25) is 0 Å². The summed E-state index contributed by atoms with van der Waals surface area (Å²) < 4.78 is 0. The molecule has 4 atom stereocenters. The zero-order valence-corrected chi connectivity index (χ0v) is 13.6. The van der Waals surface area contributed by atoms with E-state index in [1.165, 1.54) is 13.8 Å². The third-order valence-electron chi connectivity index (χ3n) is 4.67. The highest BCUT2D eigenvalue weighted by Gasteiger charge is 2.52. The Bertz CT molecular complexity index is 411. The van der Waals surface area contributed by atoms with Crippen molar-refractivity contribution in [3.8, 4) is 0 Å². The predicted octanol–water partition coefficient (Wildman–Crippen LogP) is 2.71. The second kappa shape index (κ2) is 7.30. The maximum absolute atomic E-state index is 12.2. The van der Waals surface area contributed by atoms with Crippen molar-refractivity contribution in [2.45, 2.75) is 71.8 Å². The molecule has 0 aromatic rings. The third kappa shape index (κ3) is 4.22. The molecule has 1 fully saturated rings. The summed E-state index contributed by atoms with van der Waals surface area (Å²) in [6.07, 6.45) is 4.66. The van der Waals surface area contributed by atoms with Gasteiger partial charge in [0.05, 0.1) is 17.4 Å². The zero-order valence-electron chi connectivity index (χ0n) is 13.6. The molecule has 0 bridgehead atoms. The van der Waals surface area contributed by atoms with Gasteiger partial charge in [-0.2, -0.15) is 0 Å². The van der Waals surface area contributed by atoms with Crippen molar-refractivity contribution >= 4 is 17.3 Å². The summed E-state index contributed by atoms with van der Waals surface area (Å²) in [6.45, 7) is 6.53. The van der Waals surface area contributed by atoms with Gasteiger partial charge in [-0.1, -0.05) is 32.6 Å². The van der Waals surface area contributed by atoms with Gasteiger partial charge in [0.25, 0.3) is 0 Å². The van der Waals surface area contributed by atoms with Crippen LogP contribution in [0, 0.1) is 17.8 Å². The molecule has 1 rings (SSSR count). The lowest BCUT2D eigenvalue weighted by atomic mass is 9.60. The summed E-state index contributed by atoms with van der Waals surface area (Å²) in [5.74, 6) is -2.22. The van der Waals surface area contributed by atoms with Crippen molar-refractivity contribution in [2.75, 3.05) is 0 Å². The van der Waals surface area contributed by atoms with Crippen molar-refractivity contribution in [1.82, 2.24) is 0 Å². The van der Waals surface area contributed by atoms with E-state index in [0.717, 1.165) is 25.7 Å². The fraction of sp³-hybridized carbons (Fsp3) is 0.824. The molecule has 4 nitrogen and oxygen atoms in total. The Balaban J connectivity index is 3.00. The second-order valence-corrected chi connectivity index (χ2v) is 6.69. The first-order chi connectivity index (χ1) is 9.72. The molecule has 21 heavy (non-hydrogen) atoms. The topological polar surface area (TPSA) is 71.4 Å². The Morgan fingerprint density at radius 1 is 1.19 bits per heavy atom. The van der Waals surface area contributed by atoms with Crippen LogP contribution in [-0.2, 0) is 14.4 Å². The molecule has 0 aromatic carbocycles. The van der Waals surface area contributed by atoms with E-state index in [2.05, 4.69) is 6.92 Å². The number of hydrogen-bond donors (Lipinski definition) is 1. The first kappa shape index (κ1) is 18.0. The fourth-order valence-electron chi connectivity index (χ4n) is 3.87. The highest BCUT2D eigenvalue weighted by atomic mass is 16.3. The van der Waals surface area contributed by atoms with E-state index in [0.29, 0.717) is 6.42 Å². The van der Waals surface area contributed by atoms with Gasteiger partial charge in [-0.25, -0.2) is 0 Å². The summed E-state index contributed by atoms with van der Waals surface area (Å²) in [7, 11) is 0. The number of ketones is 3. The Kier molecular flexibility index (Phi) is 6.26. The predicted molar refractivity (Wildman–Crippen MR) is 80.8 cm³/mol. The molecule has 120 valence electrons. The normalized spacial score (nSPS) is 33.0. The average Bonchev–Trinajstić information content (AvgIpc) is 2.31. The number of hydrogen-bond acceptors (Lipinski definition) is 4. The quantitative estimate of drug-likeness (QED) is 0.579. The van der Waals surface area contributed by atoms with Crippen LogP contribution in [0.3, 0.4) is 0 Å². The number of aliphatic hydroxyl groups is 1. The lowest BCUT2D eigenvalue weighted by Gasteiger charge is -2.44. The molecule has 0 heterocycles. The van der Waals surface area contributed by atoms with E-state index in [1.807, 2.05) is 0 Å². The minimum absolute atomic E-state index is 0.104. The smallest absolute Gasteiger partial charge is 0.146 e. The molecule has 1 aliphatic rings. The minimum atomic E-state index is -1.33. The molecule has 0 aliphatic heterocycles. The van der Waals surface area contributed by atoms with Crippen molar-refractivity contribution < 1.29 is 19.5 Å². The Hall–Kier alpha value is -1.03. The Morgan fingerprint density at radius 2 is 1.81 bits per heavy atom. The second-order valence-electron chi connectivity index (χ2n) is 6.69. The summed E-state index contributed by atoms with van der Waals surface area (Å²) in [4.78, 5) is 36.1. The number of carbonyl (C=O) groups is 3. The van der Waals surface area contributed by atoms with E-state index in [4.69, 9.17) is 0 Å². The van der Waals surface area contributed by atoms with E-state index < -0.39 is 17.4 Å². The third-order valence-corrected chi connectivity index (χ3v) is 4.67. The van der Waals surface area contributed by atoms with Gasteiger partial charge >= 0.3 is 0 Å². The summed E-state index contributed by atoms with van der Waals surface area (Å²) >= 11 is 0. The molecule has 0 aromatic heterocycles. The average molecular weight is 296 g/mol. The molecule has 0 unspecified atom stereocenters. The largest absolute Gasteiger partial charge is 0.389 e. The van der Waals surface area contributed by atoms with Gasteiger partial charge in [-0.05, 0) is 33.1 Å². The van der Waals surface area contributed by atoms with Crippen molar-refractivity contribution in [2.24, 2.45) is 17.8 Å². The molecule has 0 radical (unpaired) electrons. The molecule has 4 heteroatoms. The number of Topliss-reactive ketones (excluding diaryl/α,β-unsaturated/α-hetero) is 3. The molecular formula is C17H28O4. The first-order valence-corrected chi connectivity index (χ1v) is 7.98. The van der Waals surface area contributed by atoms with Crippen LogP contribution in [-0.4, -0.2) is 28.1 Å². The van der Waals surface area contributed by atoms with Gasteiger partial charge in [0, 0.05) is 6.42 Å². The van der Waals surface area contributed by atoms with Gasteiger partial charge < -0.3 is 5.11 Å².